The molecular weight excluding hydrogens is 316 g/mol. The van der Waals surface area contributed by atoms with Crippen LogP contribution in [0.3, 0.4) is 0 Å². The SMILES string of the molecule is O=c1c(S(=O)(=O)CCS(=O)(=O)Cl)nccn1C1CC1. The summed E-state index contributed by atoms with van der Waals surface area (Å²) in [6.07, 6.45) is 4.29. The van der Waals surface area contributed by atoms with Crippen molar-refractivity contribution in [3.05, 3.63) is 22.7 Å². The predicted molar refractivity (Wildman–Crippen MR) is 68.5 cm³/mol. The number of hydrogen-bond donors (Lipinski definition) is 0. The minimum absolute atomic E-state index is 0.0150. The van der Waals surface area contributed by atoms with Crippen LogP contribution in [-0.2, 0) is 18.9 Å². The lowest BCUT2D eigenvalue weighted by Crippen LogP contribution is -2.28. The minimum atomic E-state index is -4.06. The van der Waals surface area contributed by atoms with E-state index in [1.165, 1.54) is 17.0 Å². The maximum atomic E-state index is 12.0. The zero-order valence-electron chi connectivity index (χ0n) is 9.69. The van der Waals surface area contributed by atoms with Gasteiger partial charge in [-0.1, -0.05) is 0 Å². The van der Waals surface area contributed by atoms with E-state index in [1.807, 2.05) is 0 Å². The Morgan fingerprint density at radius 2 is 1.89 bits per heavy atom. The Morgan fingerprint density at radius 3 is 2.42 bits per heavy atom. The molecule has 0 radical (unpaired) electrons. The molecular formula is C9H11ClN2O5S2. The minimum Gasteiger partial charge on any atom is -0.308 e. The largest absolute Gasteiger partial charge is 0.308 e. The molecule has 1 saturated carbocycles. The second-order valence-corrected chi connectivity index (χ2v) is 9.16. The quantitative estimate of drug-likeness (QED) is 0.701. The fourth-order valence-corrected chi connectivity index (χ4v) is 4.59. The standard InChI is InChI=1S/C9H11ClN2O5S2/c10-19(16,17)6-5-18(14,15)8-9(13)12(4-3-11-8)7-1-2-7/h3-4,7H,1-2,5-6H2. The van der Waals surface area contributed by atoms with Gasteiger partial charge in [0.15, 0.2) is 0 Å². The first-order valence-electron chi connectivity index (χ1n) is 5.43. The molecule has 7 nitrogen and oxygen atoms in total. The van der Waals surface area contributed by atoms with Crippen LogP contribution in [0.15, 0.2) is 22.2 Å². The summed E-state index contributed by atoms with van der Waals surface area (Å²) in [6.45, 7) is 0. The van der Waals surface area contributed by atoms with Crippen molar-refractivity contribution in [1.82, 2.24) is 9.55 Å². The molecule has 1 fully saturated rings. The molecule has 0 N–H and O–H groups in total. The Kier molecular flexibility index (Phi) is 3.72. The average Bonchev–Trinajstić information content (AvgIpc) is 3.10. The number of rotatable bonds is 5. The van der Waals surface area contributed by atoms with Gasteiger partial charge in [-0.2, -0.15) is 0 Å². The van der Waals surface area contributed by atoms with Crippen LogP contribution in [0.5, 0.6) is 0 Å². The van der Waals surface area contributed by atoms with Crippen molar-refractivity contribution < 1.29 is 16.8 Å². The summed E-state index contributed by atoms with van der Waals surface area (Å²) in [7, 11) is -3.03. The number of sulfone groups is 1. The summed E-state index contributed by atoms with van der Waals surface area (Å²) in [4.78, 5) is 15.5. The van der Waals surface area contributed by atoms with Gasteiger partial charge < -0.3 is 4.57 Å². The summed E-state index contributed by atoms with van der Waals surface area (Å²) in [5, 5.41) is -0.623. The van der Waals surface area contributed by atoms with Gasteiger partial charge >= 0.3 is 0 Å². The van der Waals surface area contributed by atoms with Gasteiger partial charge in [-0.3, -0.25) is 4.79 Å². The lowest BCUT2D eigenvalue weighted by atomic mass is 10.6. The molecule has 0 aromatic carbocycles. The molecule has 1 aromatic rings. The Labute approximate surface area is 114 Å². The lowest BCUT2D eigenvalue weighted by Gasteiger charge is -2.06. The van der Waals surface area contributed by atoms with Crippen LogP contribution in [0.25, 0.3) is 0 Å². The molecule has 0 amide bonds. The Balaban J connectivity index is 2.35. The van der Waals surface area contributed by atoms with E-state index < -0.39 is 41.0 Å². The van der Waals surface area contributed by atoms with Crippen molar-refractivity contribution in [2.24, 2.45) is 0 Å². The molecule has 0 aliphatic heterocycles. The number of halogens is 1. The summed E-state index contributed by atoms with van der Waals surface area (Å²) >= 11 is 0. The first-order chi connectivity index (χ1) is 8.71. The zero-order chi connectivity index (χ0) is 14.3. The van der Waals surface area contributed by atoms with Gasteiger partial charge in [0.05, 0.1) is 11.5 Å². The van der Waals surface area contributed by atoms with Crippen LogP contribution < -0.4 is 5.56 Å². The molecule has 1 aliphatic carbocycles. The molecule has 2 rings (SSSR count). The lowest BCUT2D eigenvalue weighted by molar-refractivity contribution is 0.581. The Hall–Kier alpha value is -0.930. The highest BCUT2D eigenvalue weighted by Crippen LogP contribution is 2.33. The molecule has 0 unspecified atom stereocenters. The summed E-state index contributed by atoms with van der Waals surface area (Å²) in [5.74, 6) is -1.51. The molecule has 0 saturated heterocycles. The van der Waals surface area contributed by atoms with Crippen molar-refractivity contribution >= 4 is 29.6 Å². The molecule has 0 bridgehead atoms. The van der Waals surface area contributed by atoms with Gasteiger partial charge in [0.1, 0.15) is 0 Å². The fraction of sp³-hybridized carbons (Fsp3) is 0.556. The van der Waals surface area contributed by atoms with Gasteiger partial charge in [0.25, 0.3) is 5.56 Å². The normalized spacial score (nSPS) is 16.5. The van der Waals surface area contributed by atoms with Crippen LogP contribution in [0.1, 0.15) is 18.9 Å². The van der Waals surface area contributed by atoms with Crippen LogP contribution in [0, 0.1) is 0 Å². The summed E-state index contributed by atoms with van der Waals surface area (Å²) < 4.78 is 46.7. The van der Waals surface area contributed by atoms with Crippen LogP contribution in [-0.4, -0.2) is 37.9 Å². The van der Waals surface area contributed by atoms with Crippen LogP contribution in [0.2, 0.25) is 0 Å². The van der Waals surface area contributed by atoms with Crippen molar-refractivity contribution in [2.45, 2.75) is 23.9 Å². The Morgan fingerprint density at radius 1 is 1.26 bits per heavy atom. The van der Waals surface area contributed by atoms with Crippen molar-refractivity contribution in [1.29, 1.82) is 0 Å². The van der Waals surface area contributed by atoms with E-state index >= 15 is 0 Å². The smallest absolute Gasteiger partial charge is 0.288 e. The molecule has 19 heavy (non-hydrogen) atoms. The maximum Gasteiger partial charge on any atom is 0.288 e. The predicted octanol–water partition coefficient (Wildman–Crippen LogP) is -0.0795. The number of nitrogens with zero attached hydrogens (tertiary/aromatic N) is 2. The highest BCUT2D eigenvalue weighted by molar-refractivity contribution is 8.14. The second-order valence-electron chi connectivity index (χ2n) is 4.24. The first-order valence-corrected chi connectivity index (χ1v) is 9.56. The van der Waals surface area contributed by atoms with E-state index in [-0.39, 0.29) is 6.04 Å². The molecule has 1 aliphatic rings. The number of aromatic nitrogens is 2. The molecule has 1 heterocycles. The zero-order valence-corrected chi connectivity index (χ0v) is 12.1. The molecule has 10 heteroatoms. The van der Waals surface area contributed by atoms with E-state index in [9.17, 15) is 21.6 Å². The van der Waals surface area contributed by atoms with Gasteiger partial charge in [0.2, 0.25) is 23.9 Å². The van der Waals surface area contributed by atoms with E-state index in [2.05, 4.69) is 4.98 Å². The average molecular weight is 327 g/mol. The van der Waals surface area contributed by atoms with Gasteiger partial charge in [-0.25, -0.2) is 21.8 Å². The van der Waals surface area contributed by atoms with E-state index in [0.717, 1.165) is 12.8 Å². The van der Waals surface area contributed by atoms with E-state index in [4.69, 9.17) is 10.7 Å². The van der Waals surface area contributed by atoms with Crippen LogP contribution >= 0.6 is 10.7 Å². The molecule has 0 spiro atoms. The maximum absolute atomic E-state index is 12.0. The van der Waals surface area contributed by atoms with Gasteiger partial charge in [-0.05, 0) is 12.8 Å². The topological polar surface area (TPSA) is 103 Å². The van der Waals surface area contributed by atoms with E-state index in [0.29, 0.717) is 0 Å². The Bertz CT molecular complexity index is 749. The molecule has 0 atom stereocenters. The molecule has 106 valence electrons. The van der Waals surface area contributed by atoms with Crippen LogP contribution in [0.4, 0.5) is 0 Å². The van der Waals surface area contributed by atoms with Crippen molar-refractivity contribution in [3.63, 3.8) is 0 Å². The van der Waals surface area contributed by atoms with Gasteiger partial charge in [0, 0.05) is 29.1 Å². The highest BCUT2D eigenvalue weighted by atomic mass is 35.7. The van der Waals surface area contributed by atoms with Crippen molar-refractivity contribution in [2.75, 3.05) is 11.5 Å². The highest BCUT2D eigenvalue weighted by Gasteiger charge is 2.29. The van der Waals surface area contributed by atoms with Crippen molar-refractivity contribution in [3.8, 4) is 0 Å². The van der Waals surface area contributed by atoms with E-state index in [1.54, 1.807) is 0 Å². The fourth-order valence-electron chi connectivity index (χ4n) is 1.57. The third-order valence-electron chi connectivity index (χ3n) is 2.67. The summed E-state index contributed by atoms with van der Waals surface area (Å²) in [6, 6.07) is 0.0150. The third kappa shape index (κ3) is 3.54. The summed E-state index contributed by atoms with van der Waals surface area (Å²) in [5.41, 5.74) is -0.711. The molecule has 1 aromatic heterocycles. The third-order valence-corrected chi connectivity index (χ3v) is 5.69. The first kappa shape index (κ1) is 14.5. The number of hydrogen-bond acceptors (Lipinski definition) is 6. The second kappa shape index (κ2) is 4.88. The monoisotopic (exact) mass is 326 g/mol. The van der Waals surface area contributed by atoms with Gasteiger partial charge in [-0.15, -0.1) is 0 Å².